The number of rotatable bonds is 0. The maximum absolute atomic E-state index is 2.31. The average Bonchev–Trinajstić information content (AvgIpc) is 1.72. The lowest BCUT2D eigenvalue weighted by Crippen LogP contribution is -1.95. The molecule has 3 aliphatic carbocycles. The third-order valence-electron chi connectivity index (χ3n) is 1.46. The summed E-state index contributed by atoms with van der Waals surface area (Å²) in [6.45, 7) is 0. The summed E-state index contributed by atoms with van der Waals surface area (Å²) < 4.78 is 0. The van der Waals surface area contributed by atoms with Crippen LogP contribution in [0.3, 0.4) is 0 Å². The van der Waals surface area contributed by atoms with Gasteiger partial charge in [0.2, 0.25) is 0 Å². The van der Waals surface area contributed by atoms with Crippen molar-refractivity contribution in [3.05, 3.63) is 23.8 Å². The van der Waals surface area contributed by atoms with Crippen LogP contribution in [-0.4, -0.2) is 0 Å². The second kappa shape index (κ2) is 0.604. The Bertz CT molecular complexity index is 126. The molecule has 0 amide bonds. The van der Waals surface area contributed by atoms with Crippen molar-refractivity contribution in [2.75, 3.05) is 0 Å². The van der Waals surface area contributed by atoms with Crippen molar-refractivity contribution in [1.82, 2.24) is 0 Å². The molecule has 0 spiro atoms. The molecule has 0 unspecified atom stereocenters. The SMILES string of the molecule is C1=C[C@@H]2C=C1C2. The van der Waals surface area contributed by atoms with Gasteiger partial charge in [-0.25, -0.2) is 0 Å². The Balaban J connectivity index is 2.57. The van der Waals surface area contributed by atoms with Crippen LogP contribution in [0.15, 0.2) is 23.8 Å². The summed E-state index contributed by atoms with van der Waals surface area (Å²) in [5, 5.41) is 0. The molecule has 0 aromatic heterocycles. The molecule has 0 nitrogen and oxygen atoms in total. The second-order valence-electron chi connectivity index (χ2n) is 1.97. The zero-order valence-electron chi connectivity index (χ0n) is 3.52. The zero-order valence-corrected chi connectivity index (χ0v) is 3.52. The highest BCUT2D eigenvalue weighted by atomic mass is 14.2. The molecule has 2 bridgehead atoms. The molecule has 0 fully saturated rings. The van der Waals surface area contributed by atoms with E-state index in [4.69, 9.17) is 0 Å². The molecule has 3 aliphatic rings. The molecular weight excluding hydrogens is 72.1 g/mol. The number of hydrogen-bond acceptors (Lipinski definition) is 0. The minimum absolute atomic E-state index is 0.847. The Labute approximate surface area is 37.2 Å². The van der Waals surface area contributed by atoms with Gasteiger partial charge in [-0.3, -0.25) is 0 Å². The molecule has 1 atom stereocenters. The minimum atomic E-state index is 0.847. The molecule has 0 saturated heterocycles. The van der Waals surface area contributed by atoms with Gasteiger partial charge in [-0.1, -0.05) is 23.8 Å². The van der Waals surface area contributed by atoms with Crippen LogP contribution in [0.25, 0.3) is 0 Å². The van der Waals surface area contributed by atoms with E-state index < -0.39 is 0 Å². The quantitative estimate of drug-likeness (QED) is 0.412. The molecule has 0 saturated carbocycles. The van der Waals surface area contributed by atoms with Crippen molar-refractivity contribution in [2.45, 2.75) is 6.42 Å². The summed E-state index contributed by atoms with van der Waals surface area (Å²) in [4.78, 5) is 0. The van der Waals surface area contributed by atoms with E-state index in [0.717, 1.165) is 5.92 Å². The van der Waals surface area contributed by atoms with Crippen molar-refractivity contribution < 1.29 is 0 Å². The van der Waals surface area contributed by atoms with Gasteiger partial charge in [0.15, 0.2) is 0 Å². The molecule has 0 heterocycles. The highest BCUT2D eigenvalue weighted by Crippen LogP contribution is 2.34. The first-order valence-electron chi connectivity index (χ1n) is 2.34. The molecule has 3 rings (SSSR count). The minimum Gasteiger partial charge on any atom is -0.0770 e. The summed E-state index contributed by atoms with van der Waals surface area (Å²) in [6, 6.07) is 0. The predicted octanol–water partition coefficient (Wildman–Crippen LogP) is 1.50. The summed E-state index contributed by atoms with van der Waals surface area (Å²) >= 11 is 0. The molecular formula is C6H6. The Morgan fingerprint density at radius 2 is 2.50 bits per heavy atom. The Hall–Kier alpha value is -0.520. The van der Waals surface area contributed by atoms with E-state index in [-0.39, 0.29) is 0 Å². The zero-order chi connectivity index (χ0) is 3.98. The second-order valence-corrected chi connectivity index (χ2v) is 1.97. The molecule has 0 N–H and O–H groups in total. The largest absolute Gasteiger partial charge is 0.0770 e. The van der Waals surface area contributed by atoms with Crippen LogP contribution >= 0.6 is 0 Å². The summed E-state index contributed by atoms with van der Waals surface area (Å²) in [6.07, 6.45) is 8.11. The van der Waals surface area contributed by atoms with E-state index >= 15 is 0 Å². The van der Waals surface area contributed by atoms with Gasteiger partial charge in [-0.05, 0) is 12.3 Å². The van der Waals surface area contributed by atoms with Crippen LogP contribution in [-0.2, 0) is 0 Å². The molecule has 0 aliphatic heterocycles. The van der Waals surface area contributed by atoms with E-state index in [1.54, 1.807) is 5.57 Å². The highest BCUT2D eigenvalue weighted by molar-refractivity contribution is 5.39. The van der Waals surface area contributed by atoms with Gasteiger partial charge in [0.25, 0.3) is 0 Å². The first-order valence-corrected chi connectivity index (χ1v) is 2.34. The van der Waals surface area contributed by atoms with Gasteiger partial charge < -0.3 is 0 Å². The van der Waals surface area contributed by atoms with Crippen molar-refractivity contribution in [2.24, 2.45) is 5.92 Å². The van der Waals surface area contributed by atoms with Crippen LogP contribution in [0, 0.1) is 5.92 Å². The van der Waals surface area contributed by atoms with Gasteiger partial charge in [-0.2, -0.15) is 0 Å². The van der Waals surface area contributed by atoms with Gasteiger partial charge >= 0.3 is 0 Å². The average molecular weight is 78.1 g/mol. The van der Waals surface area contributed by atoms with Gasteiger partial charge in [-0.15, -0.1) is 0 Å². The number of allylic oxidation sites excluding steroid dienone is 4. The summed E-state index contributed by atoms with van der Waals surface area (Å²) in [7, 11) is 0. The number of hydrogen-bond donors (Lipinski definition) is 0. The Morgan fingerprint density at radius 1 is 1.67 bits per heavy atom. The molecule has 0 heteroatoms. The maximum Gasteiger partial charge on any atom is -0.000414 e. The third kappa shape index (κ3) is 0.137. The van der Waals surface area contributed by atoms with Crippen LogP contribution in [0.5, 0.6) is 0 Å². The topological polar surface area (TPSA) is 0 Å². The van der Waals surface area contributed by atoms with Crippen LogP contribution < -0.4 is 0 Å². The first kappa shape index (κ1) is 2.62. The molecule has 30 valence electrons. The van der Waals surface area contributed by atoms with Crippen molar-refractivity contribution in [3.63, 3.8) is 0 Å². The molecule has 0 aromatic rings. The Kier molecular flexibility index (Phi) is 0.264. The summed E-state index contributed by atoms with van der Waals surface area (Å²) in [5.41, 5.74) is 1.54. The van der Waals surface area contributed by atoms with Crippen molar-refractivity contribution in [1.29, 1.82) is 0 Å². The van der Waals surface area contributed by atoms with Crippen LogP contribution in [0.1, 0.15) is 6.42 Å². The van der Waals surface area contributed by atoms with Crippen LogP contribution in [0.2, 0.25) is 0 Å². The lowest BCUT2D eigenvalue weighted by atomic mass is 9.96. The predicted molar refractivity (Wildman–Crippen MR) is 25.3 cm³/mol. The lowest BCUT2D eigenvalue weighted by Gasteiger charge is -2.09. The van der Waals surface area contributed by atoms with Crippen molar-refractivity contribution >= 4 is 0 Å². The monoisotopic (exact) mass is 78.0 g/mol. The highest BCUT2D eigenvalue weighted by Gasteiger charge is 2.19. The van der Waals surface area contributed by atoms with E-state index in [2.05, 4.69) is 18.2 Å². The fourth-order valence-corrected chi connectivity index (χ4v) is 1.01. The Morgan fingerprint density at radius 3 is 2.67 bits per heavy atom. The molecule has 0 aromatic carbocycles. The fraction of sp³-hybridized carbons (Fsp3) is 0.333. The normalized spacial score (nSPS) is 36.0. The van der Waals surface area contributed by atoms with E-state index in [1.807, 2.05) is 0 Å². The third-order valence-corrected chi connectivity index (χ3v) is 1.46. The fourth-order valence-electron chi connectivity index (χ4n) is 1.01. The van der Waals surface area contributed by atoms with E-state index in [9.17, 15) is 0 Å². The van der Waals surface area contributed by atoms with Gasteiger partial charge in [0.05, 0.1) is 0 Å². The van der Waals surface area contributed by atoms with Gasteiger partial charge in [0, 0.05) is 0 Å². The lowest BCUT2D eigenvalue weighted by molar-refractivity contribution is 0.768. The maximum atomic E-state index is 2.31. The standard InChI is InChI=1S/C6H6/c1-2-6-3-5(1)4-6/h1-3,5H,4H2/t5-/m1/s1. The first-order chi connectivity index (χ1) is 2.95. The van der Waals surface area contributed by atoms with Gasteiger partial charge in [0.1, 0.15) is 0 Å². The van der Waals surface area contributed by atoms with E-state index in [1.165, 1.54) is 6.42 Å². The summed E-state index contributed by atoms with van der Waals surface area (Å²) in [5.74, 6) is 0.847. The molecule has 0 radical (unpaired) electrons. The van der Waals surface area contributed by atoms with Crippen molar-refractivity contribution in [3.8, 4) is 0 Å². The molecule has 6 heavy (non-hydrogen) atoms. The van der Waals surface area contributed by atoms with E-state index in [0.29, 0.717) is 0 Å². The van der Waals surface area contributed by atoms with Crippen LogP contribution in [0.4, 0.5) is 0 Å². The smallest absolute Gasteiger partial charge is 0.000414 e.